The molecule has 3 rings (SSSR count). The van der Waals surface area contributed by atoms with Crippen molar-refractivity contribution in [3.8, 4) is 11.8 Å². The molecule has 2 heterocycles. The molecule has 1 fully saturated rings. The molecule has 0 spiro atoms. The lowest BCUT2D eigenvalue weighted by Crippen LogP contribution is -2.20. The highest BCUT2D eigenvalue weighted by atomic mass is 16.1. The van der Waals surface area contributed by atoms with E-state index in [9.17, 15) is 4.79 Å². The summed E-state index contributed by atoms with van der Waals surface area (Å²) in [4.78, 5) is 16.6. The van der Waals surface area contributed by atoms with Crippen LogP contribution in [0.4, 0.5) is 0 Å². The first kappa shape index (κ1) is 11.0. The summed E-state index contributed by atoms with van der Waals surface area (Å²) in [7, 11) is 0. The molecule has 92 valence electrons. The largest absolute Gasteiger partial charge is 0.298 e. The van der Waals surface area contributed by atoms with E-state index in [2.05, 4.69) is 21.9 Å². The highest BCUT2D eigenvalue weighted by Crippen LogP contribution is 2.35. The van der Waals surface area contributed by atoms with Gasteiger partial charge in [0, 0.05) is 13.0 Å². The number of fused-ring (bicyclic) bond motifs is 1. The molecule has 0 unspecified atom stereocenters. The standard InChI is InChI=1S/C13H14N4O/c1-2-3-4-7-16-9-14-12-11(13(16)18)8-15-17(12)10-5-6-10/h8-10H,4-7H2,1H3. The van der Waals surface area contributed by atoms with Gasteiger partial charge in [-0.1, -0.05) is 0 Å². The molecule has 0 atom stereocenters. The van der Waals surface area contributed by atoms with Crippen molar-refractivity contribution >= 4 is 11.0 Å². The fourth-order valence-corrected chi connectivity index (χ4v) is 2.01. The zero-order valence-corrected chi connectivity index (χ0v) is 10.3. The topological polar surface area (TPSA) is 52.7 Å². The van der Waals surface area contributed by atoms with E-state index in [0.29, 0.717) is 30.0 Å². The maximum atomic E-state index is 12.2. The predicted octanol–water partition coefficient (Wildman–Crippen LogP) is 1.34. The number of aromatic nitrogens is 4. The Morgan fingerprint density at radius 3 is 3.06 bits per heavy atom. The van der Waals surface area contributed by atoms with Crippen molar-refractivity contribution < 1.29 is 0 Å². The van der Waals surface area contributed by atoms with Gasteiger partial charge >= 0.3 is 0 Å². The van der Waals surface area contributed by atoms with Gasteiger partial charge in [0.25, 0.3) is 5.56 Å². The summed E-state index contributed by atoms with van der Waals surface area (Å²) in [5.41, 5.74) is 0.685. The van der Waals surface area contributed by atoms with Crippen LogP contribution in [0.15, 0.2) is 17.3 Å². The van der Waals surface area contributed by atoms with Crippen molar-refractivity contribution in [1.82, 2.24) is 19.3 Å². The van der Waals surface area contributed by atoms with Crippen LogP contribution in [0.2, 0.25) is 0 Å². The smallest absolute Gasteiger partial charge is 0.264 e. The van der Waals surface area contributed by atoms with Crippen molar-refractivity contribution in [2.45, 2.75) is 38.8 Å². The van der Waals surface area contributed by atoms with E-state index in [1.807, 2.05) is 4.68 Å². The maximum Gasteiger partial charge on any atom is 0.264 e. The third kappa shape index (κ3) is 1.80. The van der Waals surface area contributed by atoms with E-state index >= 15 is 0 Å². The van der Waals surface area contributed by atoms with Crippen LogP contribution in [0.25, 0.3) is 11.0 Å². The average molecular weight is 242 g/mol. The van der Waals surface area contributed by atoms with Gasteiger partial charge in [-0.3, -0.25) is 9.36 Å². The Bertz CT molecular complexity index is 697. The van der Waals surface area contributed by atoms with E-state index in [-0.39, 0.29) is 5.56 Å². The monoisotopic (exact) mass is 242 g/mol. The van der Waals surface area contributed by atoms with Crippen molar-refractivity contribution in [2.75, 3.05) is 0 Å². The molecule has 5 nitrogen and oxygen atoms in total. The highest BCUT2D eigenvalue weighted by molar-refractivity contribution is 5.73. The van der Waals surface area contributed by atoms with Crippen LogP contribution in [-0.4, -0.2) is 19.3 Å². The molecular formula is C13H14N4O. The fraction of sp³-hybridized carbons (Fsp3) is 0.462. The van der Waals surface area contributed by atoms with Gasteiger partial charge in [0.05, 0.1) is 18.6 Å². The highest BCUT2D eigenvalue weighted by Gasteiger charge is 2.27. The van der Waals surface area contributed by atoms with Gasteiger partial charge in [0.2, 0.25) is 0 Å². The summed E-state index contributed by atoms with van der Waals surface area (Å²) in [6.45, 7) is 2.38. The third-order valence-corrected chi connectivity index (χ3v) is 3.13. The van der Waals surface area contributed by atoms with Gasteiger partial charge in [-0.25, -0.2) is 9.67 Å². The van der Waals surface area contributed by atoms with Crippen LogP contribution in [0, 0.1) is 11.8 Å². The Balaban J connectivity index is 2.00. The second kappa shape index (κ2) is 4.30. The molecule has 0 aliphatic heterocycles. The minimum atomic E-state index is -0.0233. The van der Waals surface area contributed by atoms with Gasteiger partial charge in [-0.2, -0.15) is 5.10 Å². The second-order valence-corrected chi connectivity index (χ2v) is 4.48. The SMILES string of the molecule is CC#CCCn1cnc2c(cnn2C2CC2)c1=O. The van der Waals surface area contributed by atoms with Crippen LogP contribution in [0.1, 0.15) is 32.2 Å². The van der Waals surface area contributed by atoms with E-state index in [4.69, 9.17) is 0 Å². The van der Waals surface area contributed by atoms with Crippen molar-refractivity contribution in [3.05, 3.63) is 22.9 Å². The zero-order valence-electron chi connectivity index (χ0n) is 10.3. The van der Waals surface area contributed by atoms with E-state index in [1.165, 1.54) is 0 Å². The first-order chi connectivity index (χ1) is 8.81. The van der Waals surface area contributed by atoms with Gasteiger partial charge < -0.3 is 0 Å². The molecule has 2 aromatic rings. The van der Waals surface area contributed by atoms with Crippen LogP contribution in [-0.2, 0) is 6.54 Å². The average Bonchev–Trinajstić information content (AvgIpc) is 3.12. The summed E-state index contributed by atoms with van der Waals surface area (Å²) < 4.78 is 3.47. The Hall–Kier alpha value is -2.09. The Morgan fingerprint density at radius 1 is 1.50 bits per heavy atom. The normalized spacial score (nSPS) is 14.5. The van der Waals surface area contributed by atoms with Crippen molar-refractivity contribution in [2.24, 2.45) is 0 Å². The molecule has 0 aromatic carbocycles. The molecule has 2 aromatic heterocycles. The minimum Gasteiger partial charge on any atom is -0.298 e. The summed E-state index contributed by atoms with van der Waals surface area (Å²) in [6, 6.07) is 0.441. The molecule has 0 saturated heterocycles. The van der Waals surface area contributed by atoms with E-state index < -0.39 is 0 Å². The summed E-state index contributed by atoms with van der Waals surface area (Å²) >= 11 is 0. The lowest BCUT2D eigenvalue weighted by atomic mass is 10.4. The molecule has 5 heteroatoms. The van der Waals surface area contributed by atoms with Gasteiger partial charge in [0.15, 0.2) is 5.65 Å². The third-order valence-electron chi connectivity index (χ3n) is 3.13. The van der Waals surface area contributed by atoms with E-state index in [1.54, 1.807) is 24.0 Å². The van der Waals surface area contributed by atoms with Crippen LogP contribution in [0.5, 0.6) is 0 Å². The Morgan fingerprint density at radius 2 is 2.33 bits per heavy atom. The molecule has 1 aliphatic rings. The van der Waals surface area contributed by atoms with Crippen LogP contribution in [0.3, 0.4) is 0 Å². The summed E-state index contributed by atoms with van der Waals surface area (Å²) in [5, 5.41) is 4.87. The molecular weight excluding hydrogens is 228 g/mol. The lowest BCUT2D eigenvalue weighted by Gasteiger charge is -2.03. The molecule has 0 amide bonds. The number of hydrogen-bond donors (Lipinski definition) is 0. The van der Waals surface area contributed by atoms with E-state index in [0.717, 1.165) is 12.8 Å². The fourth-order valence-electron chi connectivity index (χ4n) is 2.01. The number of rotatable bonds is 3. The van der Waals surface area contributed by atoms with Gasteiger partial charge in [0.1, 0.15) is 5.39 Å². The number of aryl methyl sites for hydroxylation is 1. The number of nitrogens with zero attached hydrogens (tertiary/aromatic N) is 4. The van der Waals surface area contributed by atoms with Crippen LogP contribution < -0.4 is 5.56 Å². The second-order valence-electron chi connectivity index (χ2n) is 4.48. The zero-order chi connectivity index (χ0) is 12.5. The molecule has 1 aliphatic carbocycles. The Kier molecular flexibility index (Phi) is 2.63. The van der Waals surface area contributed by atoms with Crippen LogP contribution >= 0.6 is 0 Å². The number of hydrogen-bond acceptors (Lipinski definition) is 3. The molecule has 0 N–H and O–H groups in total. The van der Waals surface area contributed by atoms with Gasteiger partial charge in [-0.05, 0) is 19.8 Å². The van der Waals surface area contributed by atoms with Crippen molar-refractivity contribution in [1.29, 1.82) is 0 Å². The van der Waals surface area contributed by atoms with Crippen molar-refractivity contribution in [3.63, 3.8) is 0 Å². The predicted molar refractivity (Wildman–Crippen MR) is 68.1 cm³/mol. The first-order valence-electron chi connectivity index (χ1n) is 6.13. The minimum absolute atomic E-state index is 0.0233. The van der Waals surface area contributed by atoms with Gasteiger partial charge in [-0.15, -0.1) is 11.8 Å². The summed E-state index contributed by atoms with van der Waals surface area (Å²) in [5.74, 6) is 5.77. The Labute approximate surface area is 104 Å². The first-order valence-corrected chi connectivity index (χ1v) is 6.13. The molecule has 18 heavy (non-hydrogen) atoms. The maximum absolute atomic E-state index is 12.2. The molecule has 0 radical (unpaired) electrons. The quantitative estimate of drug-likeness (QED) is 0.763. The lowest BCUT2D eigenvalue weighted by molar-refractivity contribution is 0.648. The summed E-state index contributed by atoms with van der Waals surface area (Å²) in [6.07, 6.45) is 6.16. The molecule has 0 bridgehead atoms. The molecule has 1 saturated carbocycles.